The van der Waals surface area contributed by atoms with Gasteiger partial charge in [0.15, 0.2) is 0 Å². The maximum Gasteiger partial charge on any atom is 0.0264 e. The zero-order chi connectivity index (χ0) is 9.03. The first-order chi connectivity index (χ1) is 5.73. The highest BCUT2D eigenvalue weighted by molar-refractivity contribution is 4.98. The van der Waals surface area contributed by atoms with Crippen LogP contribution in [0.5, 0.6) is 0 Å². The van der Waals surface area contributed by atoms with Crippen molar-refractivity contribution in [2.24, 2.45) is 11.3 Å². The van der Waals surface area contributed by atoms with Gasteiger partial charge in [0, 0.05) is 12.5 Å². The van der Waals surface area contributed by atoms with Crippen molar-refractivity contribution in [3.63, 3.8) is 0 Å². The van der Waals surface area contributed by atoms with E-state index in [4.69, 9.17) is 12.3 Å². The maximum absolute atomic E-state index is 5.48. The van der Waals surface area contributed by atoms with E-state index < -0.39 is 0 Å². The van der Waals surface area contributed by atoms with Crippen LogP contribution in [-0.4, -0.2) is 6.04 Å². The summed E-state index contributed by atoms with van der Waals surface area (Å²) in [5.41, 5.74) is 3.36. The average Bonchev–Trinajstić information content (AvgIpc) is 2.78. The van der Waals surface area contributed by atoms with Crippen LogP contribution in [0.3, 0.4) is 0 Å². The van der Waals surface area contributed by atoms with Crippen LogP contribution < -0.4 is 11.3 Å². The van der Waals surface area contributed by atoms with E-state index in [-0.39, 0.29) is 0 Å². The normalized spacial score (nSPS) is 21.4. The molecule has 0 bridgehead atoms. The van der Waals surface area contributed by atoms with Crippen LogP contribution in [0.15, 0.2) is 0 Å². The Balaban J connectivity index is 2.23. The van der Waals surface area contributed by atoms with Gasteiger partial charge in [-0.15, -0.1) is 12.3 Å². The minimum Gasteiger partial charge on any atom is -0.271 e. The van der Waals surface area contributed by atoms with E-state index in [0.29, 0.717) is 11.5 Å². The van der Waals surface area contributed by atoms with Gasteiger partial charge in [-0.3, -0.25) is 11.3 Å². The van der Waals surface area contributed by atoms with Crippen LogP contribution in [0.1, 0.15) is 39.0 Å². The van der Waals surface area contributed by atoms with Gasteiger partial charge in [-0.1, -0.05) is 6.92 Å². The van der Waals surface area contributed by atoms with Crippen LogP contribution in [0.25, 0.3) is 0 Å². The topological polar surface area (TPSA) is 38.0 Å². The van der Waals surface area contributed by atoms with Gasteiger partial charge >= 0.3 is 0 Å². The van der Waals surface area contributed by atoms with Gasteiger partial charge in [-0.05, 0) is 31.1 Å². The van der Waals surface area contributed by atoms with Crippen molar-refractivity contribution in [3.05, 3.63) is 0 Å². The molecule has 0 radical (unpaired) electrons. The van der Waals surface area contributed by atoms with Crippen molar-refractivity contribution in [3.8, 4) is 12.3 Å². The molecule has 0 spiro atoms. The van der Waals surface area contributed by atoms with Crippen LogP contribution in [0, 0.1) is 17.8 Å². The summed E-state index contributed by atoms with van der Waals surface area (Å²) >= 11 is 0. The molecule has 2 heteroatoms. The third-order valence-corrected chi connectivity index (χ3v) is 2.90. The van der Waals surface area contributed by atoms with Crippen molar-refractivity contribution >= 4 is 0 Å². The zero-order valence-corrected chi connectivity index (χ0v) is 7.77. The van der Waals surface area contributed by atoms with E-state index in [2.05, 4.69) is 18.3 Å². The lowest BCUT2D eigenvalue weighted by atomic mass is 9.94. The quantitative estimate of drug-likeness (QED) is 0.280. The van der Waals surface area contributed by atoms with Gasteiger partial charge in [-0.25, -0.2) is 0 Å². The first-order valence-corrected chi connectivity index (χ1v) is 4.62. The molecule has 0 amide bonds. The van der Waals surface area contributed by atoms with Crippen molar-refractivity contribution in [2.45, 2.75) is 45.1 Å². The van der Waals surface area contributed by atoms with E-state index >= 15 is 0 Å². The Labute approximate surface area is 74.9 Å². The second-order valence-electron chi connectivity index (χ2n) is 3.97. The summed E-state index contributed by atoms with van der Waals surface area (Å²) in [5.74, 6) is 8.13. The lowest BCUT2D eigenvalue weighted by Gasteiger charge is -2.21. The second kappa shape index (κ2) is 3.93. The third kappa shape index (κ3) is 2.23. The first kappa shape index (κ1) is 9.57. The van der Waals surface area contributed by atoms with E-state index in [0.717, 1.165) is 19.3 Å². The number of nitrogens with two attached hydrogens (primary N) is 1. The first-order valence-electron chi connectivity index (χ1n) is 4.62. The molecule has 0 aromatic heterocycles. The Morgan fingerprint density at radius 2 is 2.33 bits per heavy atom. The van der Waals surface area contributed by atoms with Gasteiger partial charge in [0.25, 0.3) is 0 Å². The highest BCUT2D eigenvalue weighted by atomic mass is 15.2. The number of terminal acetylenes is 1. The standard InChI is InChI=1S/C10H18N2/c1-3-4-5-6-9(12-11)10(2)7-8-10/h1,9,12H,4-8,11H2,2H3. The molecule has 0 saturated heterocycles. The fourth-order valence-electron chi connectivity index (χ4n) is 1.59. The molecule has 1 fully saturated rings. The molecule has 68 valence electrons. The molecule has 0 aromatic rings. The van der Waals surface area contributed by atoms with Crippen LogP contribution >= 0.6 is 0 Å². The Kier molecular flexibility index (Phi) is 3.13. The van der Waals surface area contributed by atoms with Crippen LogP contribution in [-0.2, 0) is 0 Å². The predicted molar refractivity (Wildman–Crippen MR) is 51.1 cm³/mol. The Bertz CT molecular complexity index is 177. The van der Waals surface area contributed by atoms with Gasteiger partial charge < -0.3 is 0 Å². The van der Waals surface area contributed by atoms with Gasteiger partial charge in [0.1, 0.15) is 0 Å². The fourth-order valence-corrected chi connectivity index (χ4v) is 1.59. The summed E-state index contributed by atoms with van der Waals surface area (Å²) in [6.07, 6.45) is 10.8. The lowest BCUT2D eigenvalue weighted by molar-refractivity contribution is 0.336. The summed E-state index contributed by atoms with van der Waals surface area (Å²) in [6, 6.07) is 0.464. The molecule has 2 nitrogen and oxygen atoms in total. The third-order valence-electron chi connectivity index (χ3n) is 2.90. The summed E-state index contributed by atoms with van der Waals surface area (Å²) < 4.78 is 0. The summed E-state index contributed by atoms with van der Waals surface area (Å²) in [7, 11) is 0. The summed E-state index contributed by atoms with van der Waals surface area (Å²) in [5, 5.41) is 0. The molecule has 1 saturated carbocycles. The molecule has 0 heterocycles. The maximum atomic E-state index is 5.48. The molecular formula is C10H18N2. The smallest absolute Gasteiger partial charge is 0.0264 e. The summed E-state index contributed by atoms with van der Waals surface area (Å²) in [6.45, 7) is 2.29. The van der Waals surface area contributed by atoms with Gasteiger partial charge in [0.2, 0.25) is 0 Å². The van der Waals surface area contributed by atoms with E-state index in [1.807, 2.05) is 0 Å². The van der Waals surface area contributed by atoms with Crippen molar-refractivity contribution in [2.75, 3.05) is 0 Å². The molecule has 0 aromatic carbocycles. The lowest BCUT2D eigenvalue weighted by Crippen LogP contribution is -2.40. The largest absolute Gasteiger partial charge is 0.271 e. The van der Waals surface area contributed by atoms with Gasteiger partial charge in [0.05, 0.1) is 0 Å². The Morgan fingerprint density at radius 3 is 2.75 bits per heavy atom. The molecule has 0 aliphatic heterocycles. The molecule has 12 heavy (non-hydrogen) atoms. The molecular weight excluding hydrogens is 148 g/mol. The monoisotopic (exact) mass is 166 g/mol. The fraction of sp³-hybridized carbons (Fsp3) is 0.800. The van der Waals surface area contributed by atoms with Crippen molar-refractivity contribution < 1.29 is 0 Å². The molecule has 1 atom stereocenters. The minimum absolute atomic E-state index is 0.462. The molecule has 1 aliphatic rings. The average molecular weight is 166 g/mol. The number of unbranched alkanes of at least 4 members (excludes halogenated alkanes) is 1. The van der Waals surface area contributed by atoms with Gasteiger partial charge in [-0.2, -0.15) is 0 Å². The molecule has 1 unspecified atom stereocenters. The SMILES string of the molecule is C#CCCCC(NN)C1(C)CC1. The number of hydrogen-bond donors (Lipinski definition) is 2. The predicted octanol–water partition coefficient (Wildman–Crippen LogP) is 1.42. The van der Waals surface area contributed by atoms with E-state index in [9.17, 15) is 0 Å². The van der Waals surface area contributed by atoms with E-state index in [1.54, 1.807) is 0 Å². The summed E-state index contributed by atoms with van der Waals surface area (Å²) in [4.78, 5) is 0. The van der Waals surface area contributed by atoms with Crippen molar-refractivity contribution in [1.29, 1.82) is 0 Å². The number of hydrogen-bond acceptors (Lipinski definition) is 2. The molecule has 1 aliphatic carbocycles. The van der Waals surface area contributed by atoms with Crippen molar-refractivity contribution in [1.82, 2.24) is 5.43 Å². The molecule has 3 N–H and O–H groups in total. The minimum atomic E-state index is 0.462. The van der Waals surface area contributed by atoms with Crippen LogP contribution in [0.4, 0.5) is 0 Å². The number of nitrogens with one attached hydrogen (secondary N) is 1. The van der Waals surface area contributed by atoms with E-state index in [1.165, 1.54) is 12.8 Å². The number of rotatable bonds is 5. The second-order valence-corrected chi connectivity index (χ2v) is 3.97. The molecule has 1 rings (SSSR count). The Hall–Kier alpha value is -0.520. The highest BCUT2D eigenvalue weighted by Gasteiger charge is 2.43. The van der Waals surface area contributed by atoms with Crippen LogP contribution in [0.2, 0.25) is 0 Å². The zero-order valence-electron chi connectivity index (χ0n) is 7.77. The Morgan fingerprint density at radius 1 is 1.67 bits per heavy atom. The highest BCUT2D eigenvalue weighted by Crippen LogP contribution is 2.49. The number of hydrazine groups is 1.